The van der Waals surface area contributed by atoms with E-state index in [1.54, 1.807) is 0 Å². The van der Waals surface area contributed by atoms with Crippen molar-refractivity contribution in [1.82, 2.24) is 4.98 Å². The summed E-state index contributed by atoms with van der Waals surface area (Å²) in [7, 11) is 1.34. The third-order valence-electron chi connectivity index (χ3n) is 2.67. The molecule has 4 nitrogen and oxygen atoms in total. The molecule has 1 aromatic heterocycles. The van der Waals surface area contributed by atoms with Gasteiger partial charge in [0.05, 0.1) is 7.11 Å². The third-order valence-corrected chi connectivity index (χ3v) is 3.17. The topological polar surface area (TPSA) is 68.1 Å². The van der Waals surface area contributed by atoms with Crippen LogP contribution in [-0.4, -0.2) is 24.1 Å². The van der Waals surface area contributed by atoms with Crippen LogP contribution in [0.3, 0.4) is 0 Å². The van der Waals surface area contributed by atoms with Crippen molar-refractivity contribution in [3.8, 4) is 0 Å². The molecule has 1 aromatic carbocycles. The highest BCUT2D eigenvalue weighted by atomic mass is 79.9. The van der Waals surface area contributed by atoms with Crippen LogP contribution in [0.4, 0.5) is 0 Å². The number of nitrogens with two attached hydrogens (primary N) is 1. The number of hydrogen-bond donors (Lipinski definition) is 2. The van der Waals surface area contributed by atoms with Crippen molar-refractivity contribution in [2.75, 3.05) is 7.11 Å². The van der Waals surface area contributed by atoms with E-state index in [9.17, 15) is 4.79 Å². The highest BCUT2D eigenvalue weighted by Gasteiger charge is 2.16. The monoisotopic (exact) mass is 332 g/mol. The number of nitrogens with one attached hydrogen (secondary N) is 1. The zero-order chi connectivity index (χ0) is 12.4. The lowest BCUT2D eigenvalue weighted by atomic mass is 10.1. The summed E-state index contributed by atoms with van der Waals surface area (Å²) in [5.74, 6) is -0.392. The van der Waals surface area contributed by atoms with Crippen molar-refractivity contribution < 1.29 is 9.53 Å². The normalized spacial score (nSPS) is 11.9. The van der Waals surface area contributed by atoms with Gasteiger partial charge in [0.25, 0.3) is 0 Å². The standard InChI is InChI=1S/C12H13BrN2O2.ClH/c1-17-12(16)10(14)4-7-6-15-11-5-8(13)2-3-9(7)11;/h2-3,5-6,10,15H,4,14H2,1H3;1H. The van der Waals surface area contributed by atoms with Crippen LogP contribution in [0.25, 0.3) is 10.9 Å². The number of carbonyl (C=O) groups excluding carboxylic acids is 1. The predicted molar refractivity (Wildman–Crippen MR) is 76.9 cm³/mol. The third kappa shape index (κ3) is 3.04. The Hall–Kier alpha value is -1.04. The first-order chi connectivity index (χ1) is 8.11. The molecule has 0 radical (unpaired) electrons. The summed E-state index contributed by atoms with van der Waals surface area (Å²) in [5.41, 5.74) is 7.78. The highest BCUT2D eigenvalue weighted by molar-refractivity contribution is 9.10. The number of fused-ring (bicyclic) bond motifs is 1. The Morgan fingerprint density at radius 1 is 1.56 bits per heavy atom. The summed E-state index contributed by atoms with van der Waals surface area (Å²) in [4.78, 5) is 14.4. The number of aromatic nitrogens is 1. The fourth-order valence-corrected chi connectivity index (χ4v) is 2.16. The van der Waals surface area contributed by atoms with Crippen LogP contribution in [-0.2, 0) is 16.0 Å². The van der Waals surface area contributed by atoms with Crippen LogP contribution in [0.5, 0.6) is 0 Å². The maximum absolute atomic E-state index is 11.3. The summed E-state index contributed by atoms with van der Waals surface area (Å²) in [6.07, 6.45) is 2.34. The molecule has 2 rings (SSSR count). The molecule has 0 aliphatic heterocycles. The van der Waals surface area contributed by atoms with E-state index in [1.807, 2.05) is 24.4 Å². The maximum Gasteiger partial charge on any atom is 0.322 e. The summed E-state index contributed by atoms with van der Waals surface area (Å²) in [6.45, 7) is 0. The number of methoxy groups -OCH3 is 1. The molecule has 0 bridgehead atoms. The van der Waals surface area contributed by atoms with Crippen LogP contribution in [0.15, 0.2) is 28.9 Å². The molecule has 0 aliphatic rings. The van der Waals surface area contributed by atoms with E-state index in [1.165, 1.54) is 7.11 Å². The Kier molecular flexibility index (Phi) is 5.19. The molecule has 1 heterocycles. The van der Waals surface area contributed by atoms with Crippen LogP contribution < -0.4 is 5.73 Å². The minimum atomic E-state index is -0.623. The number of carbonyl (C=O) groups is 1. The molecule has 0 saturated heterocycles. The largest absolute Gasteiger partial charge is 0.468 e. The first kappa shape index (κ1) is 15.0. The number of halogens is 2. The van der Waals surface area contributed by atoms with E-state index in [0.717, 1.165) is 20.9 Å². The Balaban J connectivity index is 0.00000162. The van der Waals surface area contributed by atoms with Gasteiger partial charge in [-0.05, 0) is 17.7 Å². The van der Waals surface area contributed by atoms with E-state index >= 15 is 0 Å². The second-order valence-corrected chi connectivity index (χ2v) is 4.75. The zero-order valence-corrected chi connectivity index (χ0v) is 12.2. The highest BCUT2D eigenvalue weighted by Crippen LogP contribution is 2.23. The number of aromatic amines is 1. The Labute approximate surface area is 119 Å². The minimum Gasteiger partial charge on any atom is -0.468 e. The molecule has 1 unspecified atom stereocenters. The van der Waals surface area contributed by atoms with Crippen LogP contribution in [0, 0.1) is 0 Å². The molecular formula is C12H14BrClN2O2. The van der Waals surface area contributed by atoms with Crippen LogP contribution in [0.1, 0.15) is 5.56 Å². The second-order valence-electron chi connectivity index (χ2n) is 3.84. The van der Waals surface area contributed by atoms with Gasteiger partial charge in [-0.1, -0.05) is 22.0 Å². The van der Waals surface area contributed by atoms with Gasteiger partial charge in [0.15, 0.2) is 0 Å². The maximum atomic E-state index is 11.3. The van der Waals surface area contributed by atoms with Crippen molar-refractivity contribution in [3.63, 3.8) is 0 Å². The van der Waals surface area contributed by atoms with E-state index < -0.39 is 12.0 Å². The number of ether oxygens (including phenoxy) is 1. The van der Waals surface area contributed by atoms with Crippen LogP contribution in [0.2, 0.25) is 0 Å². The van der Waals surface area contributed by atoms with E-state index in [0.29, 0.717) is 6.42 Å². The number of H-pyrrole nitrogens is 1. The second kappa shape index (κ2) is 6.22. The molecule has 1 atom stereocenters. The first-order valence-electron chi connectivity index (χ1n) is 5.20. The minimum absolute atomic E-state index is 0. The molecule has 98 valence electrons. The van der Waals surface area contributed by atoms with Crippen molar-refractivity contribution in [2.45, 2.75) is 12.5 Å². The zero-order valence-electron chi connectivity index (χ0n) is 9.77. The number of rotatable bonds is 3. The fraction of sp³-hybridized carbons (Fsp3) is 0.250. The van der Waals surface area contributed by atoms with Gasteiger partial charge in [0.1, 0.15) is 6.04 Å². The van der Waals surface area contributed by atoms with E-state index in [2.05, 4.69) is 25.7 Å². The average molecular weight is 334 g/mol. The smallest absolute Gasteiger partial charge is 0.322 e. The van der Waals surface area contributed by atoms with Gasteiger partial charge in [-0.25, -0.2) is 0 Å². The Morgan fingerprint density at radius 2 is 2.28 bits per heavy atom. The molecule has 3 N–H and O–H groups in total. The molecule has 0 amide bonds. The summed E-state index contributed by atoms with van der Waals surface area (Å²) in [5, 5.41) is 1.08. The Morgan fingerprint density at radius 3 is 2.94 bits per heavy atom. The molecule has 18 heavy (non-hydrogen) atoms. The summed E-state index contributed by atoms with van der Waals surface area (Å²) < 4.78 is 5.62. The molecule has 2 aromatic rings. The number of hydrogen-bond acceptors (Lipinski definition) is 3. The van der Waals surface area contributed by atoms with Crippen molar-refractivity contribution in [3.05, 3.63) is 34.4 Å². The molecule has 0 saturated carbocycles. The van der Waals surface area contributed by atoms with Gasteiger partial charge < -0.3 is 15.5 Å². The molecule has 0 aliphatic carbocycles. The molecule has 6 heteroatoms. The van der Waals surface area contributed by atoms with Gasteiger partial charge in [-0.2, -0.15) is 0 Å². The van der Waals surface area contributed by atoms with Gasteiger partial charge in [-0.15, -0.1) is 12.4 Å². The van der Waals surface area contributed by atoms with Crippen LogP contribution >= 0.6 is 28.3 Å². The Bertz CT molecular complexity index is 556. The van der Waals surface area contributed by atoms with Gasteiger partial charge >= 0.3 is 5.97 Å². The molecule has 0 fully saturated rings. The lowest BCUT2D eigenvalue weighted by Gasteiger charge is -2.07. The average Bonchev–Trinajstić information content (AvgIpc) is 2.70. The predicted octanol–water partition coefficient (Wildman–Crippen LogP) is 2.40. The summed E-state index contributed by atoms with van der Waals surface area (Å²) in [6, 6.07) is 5.32. The molecule has 0 spiro atoms. The van der Waals surface area contributed by atoms with Gasteiger partial charge in [0.2, 0.25) is 0 Å². The summed E-state index contributed by atoms with van der Waals surface area (Å²) >= 11 is 3.41. The van der Waals surface area contributed by atoms with Crippen molar-refractivity contribution in [1.29, 1.82) is 0 Å². The van der Waals surface area contributed by atoms with Crippen molar-refractivity contribution >= 4 is 45.2 Å². The number of benzene rings is 1. The first-order valence-corrected chi connectivity index (χ1v) is 6.00. The van der Waals surface area contributed by atoms with Gasteiger partial charge in [0, 0.05) is 28.0 Å². The lowest BCUT2D eigenvalue weighted by Crippen LogP contribution is -2.33. The molecular weight excluding hydrogens is 320 g/mol. The van der Waals surface area contributed by atoms with E-state index in [-0.39, 0.29) is 12.4 Å². The number of esters is 1. The SMILES string of the molecule is COC(=O)C(N)Cc1c[nH]c2cc(Br)ccc12.Cl. The van der Waals surface area contributed by atoms with Gasteiger partial charge in [-0.3, -0.25) is 4.79 Å². The van der Waals surface area contributed by atoms with Crippen molar-refractivity contribution in [2.24, 2.45) is 5.73 Å². The fourth-order valence-electron chi connectivity index (χ4n) is 1.80. The quantitative estimate of drug-likeness (QED) is 0.848. The lowest BCUT2D eigenvalue weighted by molar-refractivity contribution is -0.142. The van der Waals surface area contributed by atoms with E-state index in [4.69, 9.17) is 5.73 Å².